The first kappa shape index (κ1) is 10.6. The Morgan fingerprint density at radius 1 is 1.36 bits per heavy atom. The summed E-state index contributed by atoms with van der Waals surface area (Å²) in [5.74, 6) is 0.171. The molecule has 0 aliphatic heterocycles. The van der Waals surface area contributed by atoms with Crippen molar-refractivity contribution in [2.24, 2.45) is 0 Å². The molecule has 0 saturated carbocycles. The summed E-state index contributed by atoms with van der Waals surface area (Å²) in [7, 11) is 0. The van der Waals surface area contributed by atoms with Gasteiger partial charge in [0.1, 0.15) is 5.75 Å². The predicted octanol–water partition coefficient (Wildman–Crippen LogP) is 2.24. The molecular formula is C11H16N2O. The smallest absolute Gasteiger partial charge is 0.126 e. The highest BCUT2D eigenvalue weighted by Gasteiger charge is 2.04. The molecule has 1 aromatic carbocycles. The van der Waals surface area contributed by atoms with E-state index in [1.807, 2.05) is 6.07 Å². The van der Waals surface area contributed by atoms with Crippen LogP contribution in [0, 0.1) is 5.41 Å². The van der Waals surface area contributed by atoms with Gasteiger partial charge in [0.15, 0.2) is 0 Å². The maximum atomic E-state index is 9.55. The molecule has 0 spiro atoms. The fourth-order valence-electron chi connectivity index (χ4n) is 1.44. The number of nitrogens with one attached hydrogen (secondary N) is 1. The monoisotopic (exact) mass is 192 g/mol. The van der Waals surface area contributed by atoms with E-state index in [0.29, 0.717) is 5.56 Å². The number of hydrogen-bond acceptors (Lipinski definition) is 3. The molecule has 0 radical (unpaired) electrons. The SMILES string of the molecule is CCN(CC)c1ccc(C=N)c(O)c1. The lowest BCUT2D eigenvalue weighted by molar-refractivity contribution is 0.474. The third kappa shape index (κ3) is 2.05. The van der Waals surface area contributed by atoms with Gasteiger partial charge >= 0.3 is 0 Å². The molecule has 0 saturated heterocycles. The molecule has 0 atom stereocenters. The maximum Gasteiger partial charge on any atom is 0.126 e. The van der Waals surface area contributed by atoms with Crippen LogP contribution in [0.4, 0.5) is 5.69 Å². The molecule has 0 aliphatic carbocycles. The first-order chi connectivity index (χ1) is 6.72. The Bertz CT molecular complexity index is 319. The molecule has 3 heteroatoms. The van der Waals surface area contributed by atoms with Crippen molar-refractivity contribution in [1.82, 2.24) is 0 Å². The highest BCUT2D eigenvalue weighted by Crippen LogP contribution is 2.23. The van der Waals surface area contributed by atoms with Crippen molar-refractivity contribution < 1.29 is 5.11 Å². The molecule has 1 rings (SSSR count). The molecule has 3 nitrogen and oxygen atoms in total. The highest BCUT2D eigenvalue weighted by atomic mass is 16.3. The molecule has 0 fully saturated rings. The van der Waals surface area contributed by atoms with E-state index in [9.17, 15) is 5.11 Å². The minimum Gasteiger partial charge on any atom is -0.507 e. The lowest BCUT2D eigenvalue weighted by Gasteiger charge is -2.21. The second-order valence-corrected chi connectivity index (χ2v) is 3.06. The van der Waals surface area contributed by atoms with Crippen LogP contribution in [0.2, 0.25) is 0 Å². The van der Waals surface area contributed by atoms with Gasteiger partial charge in [0.25, 0.3) is 0 Å². The Morgan fingerprint density at radius 2 is 2.00 bits per heavy atom. The van der Waals surface area contributed by atoms with Gasteiger partial charge in [-0.2, -0.15) is 0 Å². The Kier molecular flexibility index (Phi) is 3.51. The van der Waals surface area contributed by atoms with E-state index in [1.165, 1.54) is 0 Å². The van der Waals surface area contributed by atoms with Gasteiger partial charge in [-0.15, -0.1) is 0 Å². The van der Waals surface area contributed by atoms with Crippen LogP contribution >= 0.6 is 0 Å². The van der Waals surface area contributed by atoms with Gasteiger partial charge in [-0.3, -0.25) is 0 Å². The number of phenols is 1. The Balaban J connectivity index is 3.00. The van der Waals surface area contributed by atoms with Crippen molar-refractivity contribution in [3.8, 4) is 5.75 Å². The second-order valence-electron chi connectivity index (χ2n) is 3.06. The quantitative estimate of drug-likeness (QED) is 0.719. The van der Waals surface area contributed by atoms with E-state index in [2.05, 4.69) is 18.7 Å². The van der Waals surface area contributed by atoms with Crippen LogP contribution in [0.3, 0.4) is 0 Å². The molecule has 0 aromatic heterocycles. The van der Waals surface area contributed by atoms with Crippen molar-refractivity contribution in [3.63, 3.8) is 0 Å². The minimum atomic E-state index is 0.171. The normalized spacial score (nSPS) is 9.86. The van der Waals surface area contributed by atoms with E-state index < -0.39 is 0 Å². The summed E-state index contributed by atoms with van der Waals surface area (Å²) < 4.78 is 0. The van der Waals surface area contributed by atoms with Crippen molar-refractivity contribution in [1.29, 1.82) is 5.41 Å². The summed E-state index contributed by atoms with van der Waals surface area (Å²) in [6, 6.07) is 5.39. The van der Waals surface area contributed by atoms with Crippen molar-refractivity contribution in [2.45, 2.75) is 13.8 Å². The lowest BCUT2D eigenvalue weighted by atomic mass is 10.2. The average molecular weight is 192 g/mol. The van der Waals surface area contributed by atoms with Crippen molar-refractivity contribution in [3.05, 3.63) is 23.8 Å². The molecule has 1 aromatic rings. The third-order valence-electron chi connectivity index (χ3n) is 2.30. The topological polar surface area (TPSA) is 47.3 Å². The number of aromatic hydroxyl groups is 1. The number of phenolic OH excluding ortho intramolecular Hbond substituents is 1. The zero-order valence-corrected chi connectivity index (χ0v) is 8.62. The van der Waals surface area contributed by atoms with Crippen molar-refractivity contribution in [2.75, 3.05) is 18.0 Å². The van der Waals surface area contributed by atoms with Crippen LogP contribution in [-0.4, -0.2) is 24.4 Å². The van der Waals surface area contributed by atoms with Gasteiger partial charge in [0.2, 0.25) is 0 Å². The summed E-state index contributed by atoms with van der Waals surface area (Å²) >= 11 is 0. The van der Waals surface area contributed by atoms with Gasteiger partial charge in [-0.05, 0) is 26.0 Å². The molecule has 0 aliphatic rings. The number of hydrogen-bond donors (Lipinski definition) is 2. The zero-order valence-electron chi connectivity index (χ0n) is 8.62. The summed E-state index contributed by atoms with van der Waals surface area (Å²) in [6.45, 7) is 5.98. The first-order valence-electron chi connectivity index (χ1n) is 4.81. The van der Waals surface area contributed by atoms with E-state index >= 15 is 0 Å². The molecule has 0 amide bonds. The second kappa shape index (κ2) is 4.65. The maximum absolute atomic E-state index is 9.55. The van der Waals surface area contributed by atoms with Crippen molar-refractivity contribution >= 4 is 11.9 Å². The molecule has 2 N–H and O–H groups in total. The molecule has 0 bridgehead atoms. The van der Waals surface area contributed by atoms with E-state index in [1.54, 1.807) is 12.1 Å². The van der Waals surface area contributed by atoms with E-state index in [0.717, 1.165) is 25.0 Å². The van der Waals surface area contributed by atoms with E-state index in [4.69, 9.17) is 5.41 Å². The molecule has 76 valence electrons. The molecular weight excluding hydrogens is 176 g/mol. The number of nitrogens with zero attached hydrogens (tertiary/aromatic N) is 1. The van der Waals surface area contributed by atoms with Crippen LogP contribution in [0.5, 0.6) is 5.75 Å². The number of anilines is 1. The van der Waals surface area contributed by atoms with Crippen LogP contribution in [0.15, 0.2) is 18.2 Å². The number of rotatable bonds is 4. The third-order valence-corrected chi connectivity index (χ3v) is 2.30. The Hall–Kier alpha value is -1.51. The summed E-state index contributed by atoms with van der Waals surface area (Å²) in [5.41, 5.74) is 1.55. The van der Waals surface area contributed by atoms with Crippen LogP contribution in [0.25, 0.3) is 0 Å². The van der Waals surface area contributed by atoms with Gasteiger partial charge in [0, 0.05) is 36.6 Å². The van der Waals surface area contributed by atoms with Gasteiger partial charge in [-0.1, -0.05) is 0 Å². The summed E-state index contributed by atoms with van der Waals surface area (Å²) in [6.07, 6.45) is 1.15. The lowest BCUT2D eigenvalue weighted by Crippen LogP contribution is -2.21. The largest absolute Gasteiger partial charge is 0.507 e. The molecule has 0 heterocycles. The molecule has 14 heavy (non-hydrogen) atoms. The van der Waals surface area contributed by atoms with Crippen LogP contribution in [0.1, 0.15) is 19.4 Å². The summed E-state index contributed by atoms with van der Waals surface area (Å²) in [4.78, 5) is 2.15. The zero-order chi connectivity index (χ0) is 10.6. The van der Waals surface area contributed by atoms with Gasteiger partial charge in [0.05, 0.1) is 0 Å². The fourth-order valence-corrected chi connectivity index (χ4v) is 1.44. The summed E-state index contributed by atoms with van der Waals surface area (Å²) in [5, 5.41) is 16.6. The fraction of sp³-hybridized carbons (Fsp3) is 0.364. The van der Waals surface area contributed by atoms with E-state index in [-0.39, 0.29) is 5.75 Å². The first-order valence-corrected chi connectivity index (χ1v) is 4.81. The molecule has 0 unspecified atom stereocenters. The Morgan fingerprint density at radius 3 is 2.43 bits per heavy atom. The average Bonchev–Trinajstić information content (AvgIpc) is 2.20. The van der Waals surface area contributed by atoms with Crippen LogP contribution in [-0.2, 0) is 0 Å². The highest BCUT2D eigenvalue weighted by molar-refractivity contribution is 5.82. The standard InChI is InChI=1S/C11H16N2O/c1-3-13(4-2)10-6-5-9(8-12)11(14)7-10/h5-8,12,14H,3-4H2,1-2H3. The van der Waals surface area contributed by atoms with Gasteiger partial charge in [-0.25, -0.2) is 0 Å². The number of benzene rings is 1. The van der Waals surface area contributed by atoms with Gasteiger partial charge < -0.3 is 15.4 Å². The Labute approximate surface area is 84.5 Å². The van der Waals surface area contributed by atoms with Crippen LogP contribution < -0.4 is 4.90 Å². The predicted molar refractivity (Wildman–Crippen MR) is 59.6 cm³/mol. The minimum absolute atomic E-state index is 0.171.